The zero-order chi connectivity index (χ0) is 14.8. The number of aromatic amines is 1. The standard InChI is InChI=1S/C16H20N2O3/c1-10-13-8-11(20-2)5-6-14(13)18-15(10)16(19)17-9-12-4-3-7-21-12/h5-6,8,12,18H,3-4,7,9H2,1-2H3,(H,17,19)/t12-/m1/s1. The maximum Gasteiger partial charge on any atom is 0.268 e. The van der Waals surface area contributed by atoms with Gasteiger partial charge in [-0.25, -0.2) is 0 Å². The molecule has 0 aliphatic carbocycles. The van der Waals surface area contributed by atoms with Gasteiger partial charge in [0.25, 0.3) is 5.91 Å². The first-order chi connectivity index (χ1) is 10.2. The Balaban J connectivity index is 1.79. The van der Waals surface area contributed by atoms with Gasteiger partial charge in [0.2, 0.25) is 0 Å². The number of benzene rings is 1. The largest absolute Gasteiger partial charge is 0.497 e. The highest BCUT2D eigenvalue weighted by molar-refractivity contribution is 6.01. The summed E-state index contributed by atoms with van der Waals surface area (Å²) in [4.78, 5) is 15.5. The number of rotatable bonds is 4. The molecule has 2 N–H and O–H groups in total. The number of hydrogen-bond acceptors (Lipinski definition) is 3. The van der Waals surface area contributed by atoms with Crippen molar-refractivity contribution < 1.29 is 14.3 Å². The van der Waals surface area contributed by atoms with Crippen molar-refractivity contribution in [2.45, 2.75) is 25.9 Å². The maximum atomic E-state index is 12.3. The maximum absolute atomic E-state index is 12.3. The summed E-state index contributed by atoms with van der Waals surface area (Å²) in [6.45, 7) is 3.31. The van der Waals surface area contributed by atoms with Crippen LogP contribution in [0.3, 0.4) is 0 Å². The molecule has 1 aromatic carbocycles. The van der Waals surface area contributed by atoms with E-state index in [0.29, 0.717) is 12.2 Å². The third-order valence-corrected chi connectivity index (χ3v) is 4.01. The minimum Gasteiger partial charge on any atom is -0.497 e. The molecule has 21 heavy (non-hydrogen) atoms. The van der Waals surface area contributed by atoms with Gasteiger partial charge in [0, 0.05) is 24.1 Å². The van der Waals surface area contributed by atoms with E-state index in [-0.39, 0.29) is 12.0 Å². The van der Waals surface area contributed by atoms with Crippen LogP contribution >= 0.6 is 0 Å². The van der Waals surface area contributed by atoms with Crippen molar-refractivity contribution >= 4 is 16.8 Å². The van der Waals surface area contributed by atoms with Crippen molar-refractivity contribution in [2.75, 3.05) is 20.3 Å². The van der Waals surface area contributed by atoms with E-state index in [1.807, 2.05) is 25.1 Å². The Hall–Kier alpha value is -2.01. The quantitative estimate of drug-likeness (QED) is 0.908. The predicted molar refractivity (Wildman–Crippen MR) is 80.9 cm³/mol. The van der Waals surface area contributed by atoms with Crippen LogP contribution in [0.15, 0.2) is 18.2 Å². The molecule has 1 aromatic heterocycles. The number of carbonyl (C=O) groups excluding carboxylic acids is 1. The van der Waals surface area contributed by atoms with E-state index >= 15 is 0 Å². The van der Waals surface area contributed by atoms with E-state index < -0.39 is 0 Å². The van der Waals surface area contributed by atoms with Crippen LogP contribution < -0.4 is 10.1 Å². The first-order valence-corrected chi connectivity index (χ1v) is 7.25. The fourth-order valence-corrected chi connectivity index (χ4v) is 2.76. The van der Waals surface area contributed by atoms with Crippen LogP contribution in [0.25, 0.3) is 10.9 Å². The number of hydrogen-bond donors (Lipinski definition) is 2. The summed E-state index contributed by atoms with van der Waals surface area (Å²) in [7, 11) is 1.64. The molecule has 3 rings (SSSR count). The molecule has 0 radical (unpaired) electrons. The van der Waals surface area contributed by atoms with Crippen molar-refractivity contribution in [1.29, 1.82) is 0 Å². The molecular formula is C16H20N2O3. The third kappa shape index (κ3) is 2.74. The van der Waals surface area contributed by atoms with Gasteiger partial charge < -0.3 is 19.8 Å². The number of ether oxygens (including phenoxy) is 2. The highest BCUT2D eigenvalue weighted by Gasteiger charge is 2.19. The summed E-state index contributed by atoms with van der Waals surface area (Å²) in [5, 5.41) is 3.96. The van der Waals surface area contributed by atoms with Crippen molar-refractivity contribution in [1.82, 2.24) is 10.3 Å². The van der Waals surface area contributed by atoms with Crippen LogP contribution in [0.4, 0.5) is 0 Å². The average Bonchev–Trinajstić information content (AvgIpc) is 3.13. The van der Waals surface area contributed by atoms with E-state index in [1.54, 1.807) is 7.11 Å². The van der Waals surface area contributed by atoms with E-state index in [9.17, 15) is 4.79 Å². The number of aryl methyl sites for hydroxylation is 1. The normalized spacial score (nSPS) is 18.1. The summed E-state index contributed by atoms with van der Waals surface area (Å²) in [5.74, 6) is 0.703. The Morgan fingerprint density at radius 1 is 1.52 bits per heavy atom. The molecule has 1 saturated heterocycles. The van der Waals surface area contributed by atoms with Gasteiger partial charge in [-0.1, -0.05) is 0 Å². The molecule has 0 spiro atoms. The second kappa shape index (κ2) is 5.77. The van der Waals surface area contributed by atoms with Gasteiger partial charge in [-0.3, -0.25) is 4.79 Å². The van der Waals surface area contributed by atoms with Gasteiger partial charge in [0.05, 0.1) is 13.2 Å². The molecular weight excluding hydrogens is 268 g/mol. The Morgan fingerprint density at radius 2 is 2.38 bits per heavy atom. The molecule has 1 aliphatic rings. The third-order valence-electron chi connectivity index (χ3n) is 4.01. The minimum atomic E-state index is -0.0850. The van der Waals surface area contributed by atoms with Gasteiger partial charge in [-0.15, -0.1) is 0 Å². The van der Waals surface area contributed by atoms with E-state index in [2.05, 4.69) is 10.3 Å². The second-order valence-corrected chi connectivity index (χ2v) is 5.38. The molecule has 2 heterocycles. The summed E-state index contributed by atoms with van der Waals surface area (Å²) in [6.07, 6.45) is 2.24. The molecule has 5 heteroatoms. The van der Waals surface area contributed by atoms with E-state index in [0.717, 1.165) is 41.7 Å². The van der Waals surface area contributed by atoms with Gasteiger partial charge in [-0.05, 0) is 43.5 Å². The van der Waals surface area contributed by atoms with Gasteiger partial charge in [-0.2, -0.15) is 0 Å². The zero-order valence-corrected chi connectivity index (χ0v) is 12.4. The lowest BCUT2D eigenvalue weighted by molar-refractivity contribution is 0.0854. The average molecular weight is 288 g/mol. The van der Waals surface area contributed by atoms with E-state index in [1.165, 1.54) is 0 Å². The smallest absolute Gasteiger partial charge is 0.268 e. The molecule has 1 atom stereocenters. The highest BCUT2D eigenvalue weighted by atomic mass is 16.5. The Morgan fingerprint density at radius 3 is 3.10 bits per heavy atom. The van der Waals surface area contributed by atoms with Crippen LogP contribution in [0.5, 0.6) is 5.75 Å². The molecule has 112 valence electrons. The molecule has 1 fully saturated rings. The molecule has 1 amide bonds. The minimum absolute atomic E-state index is 0.0850. The number of carbonyl (C=O) groups is 1. The van der Waals surface area contributed by atoms with Crippen molar-refractivity contribution in [3.8, 4) is 5.75 Å². The van der Waals surface area contributed by atoms with Crippen molar-refractivity contribution in [2.24, 2.45) is 0 Å². The van der Waals surface area contributed by atoms with Crippen LogP contribution in [-0.4, -0.2) is 37.3 Å². The van der Waals surface area contributed by atoms with Crippen LogP contribution in [0.2, 0.25) is 0 Å². The lowest BCUT2D eigenvalue weighted by Gasteiger charge is -2.10. The molecule has 2 aromatic rings. The fourth-order valence-electron chi connectivity index (χ4n) is 2.76. The lowest BCUT2D eigenvalue weighted by Crippen LogP contribution is -2.32. The lowest BCUT2D eigenvalue weighted by atomic mass is 10.1. The number of fused-ring (bicyclic) bond motifs is 1. The number of aromatic nitrogens is 1. The Bertz CT molecular complexity index is 657. The van der Waals surface area contributed by atoms with Crippen molar-refractivity contribution in [3.05, 3.63) is 29.5 Å². The summed E-state index contributed by atoms with van der Waals surface area (Å²) in [5.41, 5.74) is 2.49. The molecule has 1 aliphatic heterocycles. The SMILES string of the molecule is COc1ccc2[nH]c(C(=O)NC[C@H]3CCCO3)c(C)c2c1. The fraction of sp³-hybridized carbons (Fsp3) is 0.438. The number of H-pyrrole nitrogens is 1. The number of nitrogens with one attached hydrogen (secondary N) is 2. The second-order valence-electron chi connectivity index (χ2n) is 5.38. The van der Waals surface area contributed by atoms with E-state index in [4.69, 9.17) is 9.47 Å². The molecule has 0 saturated carbocycles. The summed E-state index contributed by atoms with van der Waals surface area (Å²) in [6, 6.07) is 5.75. The molecule has 5 nitrogen and oxygen atoms in total. The number of methoxy groups -OCH3 is 1. The van der Waals surface area contributed by atoms with Gasteiger partial charge >= 0.3 is 0 Å². The molecule has 0 bridgehead atoms. The van der Waals surface area contributed by atoms with Crippen LogP contribution in [-0.2, 0) is 4.74 Å². The Kier molecular flexibility index (Phi) is 3.84. The first-order valence-electron chi connectivity index (χ1n) is 7.25. The summed E-state index contributed by atoms with van der Waals surface area (Å²) < 4.78 is 10.7. The zero-order valence-electron chi connectivity index (χ0n) is 12.4. The number of amides is 1. The van der Waals surface area contributed by atoms with Gasteiger partial charge in [0.1, 0.15) is 11.4 Å². The first kappa shape index (κ1) is 13.9. The summed E-state index contributed by atoms with van der Waals surface area (Å²) >= 11 is 0. The Labute approximate surface area is 123 Å². The van der Waals surface area contributed by atoms with Crippen LogP contribution in [0, 0.1) is 6.92 Å². The van der Waals surface area contributed by atoms with Crippen LogP contribution in [0.1, 0.15) is 28.9 Å². The molecule has 0 unspecified atom stereocenters. The van der Waals surface area contributed by atoms with Gasteiger partial charge in [0.15, 0.2) is 0 Å². The monoisotopic (exact) mass is 288 g/mol. The topological polar surface area (TPSA) is 63.4 Å². The van der Waals surface area contributed by atoms with Crippen molar-refractivity contribution in [3.63, 3.8) is 0 Å². The highest BCUT2D eigenvalue weighted by Crippen LogP contribution is 2.26. The predicted octanol–water partition coefficient (Wildman–Crippen LogP) is 2.39.